The van der Waals surface area contributed by atoms with E-state index in [-0.39, 0.29) is 25.0 Å². The van der Waals surface area contributed by atoms with Gasteiger partial charge in [0.2, 0.25) is 5.91 Å². The van der Waals surface area contributed by atoms with E-state index >= 15 is 0 Å². The number of anilines is 2. The lowest BCUT2D eigenvalue weighted by atomic mass is 9.93. The molecule has 0 aromatic heterocycles. The Labute approximate surface area is 227 Å². The number of benzene rings is 3. The molecule has 3 aromatic carbocycles. The highest BCUT2D eigenvalue weighted by Gasteiger charge is 2.24. The summed E-state index contributed by atoms with van der Waals surface area (Å²) in [4.78, 5) is 37.3. The van der Waals surface area contributed by atoms with Gasteiger partial charge in [0.1, 0.15) is 18.5 Å². The summed E-state index contributed by atoms with van der Waals surface area (Å²) in [6.45, 7) is 1.98. The molecule has 0 heterocycles. The Hall–Kier alpha value is -4.63. The van der Waals surface area contributed by atoms with Crippen LogP contribution in [0.25, 0.3) is 0 Å². The molecule has 39 heavy (non-hydrogen) atoms. The first kappa shape index (κ1) is 28.9. The molecule has 0 bridgehead atoms. The number of ether oxygens (including phenoxy) is 2. The summed E-state index contributed by atoms with van der Waals surface area (Å²) in [5.74, 6) is -0.460. The van der Waals surface area contributed by atoms with Crippen LogP contribution >= 0.6 is 0 Å². The van der Waals surface area contributed by atoms with Gasteiger partial charge >= 0.3 is 6.09 Å². The minimum Gasteiger partial charge on any atom is -0.491 e. The van der Waals surface area contributed by atoms with E-state index in [9.17, 15) is 14.4 Å². The average molecular weight is 532 g/mol. The summed E-state index contributed by atoms with van der Waals surface area (Å²) in [6, 6.07) is 22.4. The van der Waals surface area contributed by atoms with Crippen molar-refractivity contribution in [2.75, 3.05) is 24.3 Å². The number of carbonyl (C=O) groups is 3. The Morgan fingerprint density at radius 3 is 2.36 bits per heavy atom. The molecule has 9 nitrogen and oxygen atoms in total. The first-order chi connectivity index (χ1) is 18.9. The molecule has 0 saturated carbocycles. The van der Waals surface area contributed by atoms with Crippen molar-refractivity contribution < 1.29 is 29.0 Å². The lowest BCUT2D eigenvalue weighted by molar-refractivity contribution is -0.111. The van der Waals surface area contributed by atoms with Crippen molar-refractivity contribution in [2.45, 2.75) is 25.9 Å². The Morgan fingerprint density at radius 2 is 1.67 bits per heavy atom. The topological polar surface area (TPSA) is 140 Å². The van der Waals surface area contributed by atoms with E-state index in [1.165, 1.54) is 6.08 Å². The summed E-state index contributed by atoms with van der Waals surface area (Å²) in [5.41, 5.74) is 7.93. The van der Waals surface area contributed by atoms with E-state index in [0.717, 1.165) is 0 Å². The summed E-state index contributed by atoms with van der Waals surface area (Å²) in [6.07, 6.45) is 2.77. The highest BCUT2D eigenvalue weighted by Crippen LogP contribution is 2.31. The van der Waals surface area contributed by atoms with Gasteiger partial charge in [-0.25, -0.2) is 4.79 Å². The lowest BCUT2D eigenvalue weighted by Gasteiger charge is -2.24. The van der Waals surface area contributed by atoms with Crippen molar-refractivity contribution in [3.8, 4) is 5.75 Å². The van der Waals surface area contributed by atoms with Crippen LogP contribution < -0.4 is 21.1 Å². The van der Waals surface area contributed by atoms with Crippen LogP contribution in [0.4, 0.5) is 16.2 Å². The number of hydrogen-bond acceptors (Lipinski definition) is 7. The molecule has 5 N–H and O–H groups in total. The molecule has 0 aliphatic rings. The number of nitrogen functional groups attached to an aromatic ring is 1. The van der Waals surface area contributed by atoms with Crippen molar-refractivity contribution >= 4 is 29.3 Å². The number of nitrogens with one attached hydrogen (secondary N) is 2. The smallest absolute Gasteiger partial charge is 0.414 e. The van der Waals surface area contributed by atoms with Crippen molar-refractivity contribution in [3.63, 3.8) is 0 Å². The number of aliphatic hydroxyl groups excluding tert-OH is 1. The van der Waals surface area contributed by atoms with E-state index in [2.05, 4.69) is 10.6 Å². The zero-order valence-corrected chi connectivity index (χ0v) is 21.7. The fraction of sp³-hybridized carbons (Fsp3) is 0.233. The second-order valence-electron chi connectivity index (χ2n) is 8.82. The van der Waals surface area contributed by atoms with Crippen LogP contribution in [0.5, 0.6) is 5.75 Å². The van der Waals surface area contributed by atoms with Crippen molar-refractivity contribution in [3.05, 3.63) is 102 Å². The van der Waals surface area contributed by atoms with Gasteiger partial charge in [0, 0.05) is 5.56 Å². The molecule has 0 unspecified atom stereocenters. The number of hydrogen-bond donors (Lipinski definition) is 4. The maximum atomic E-state index is 12.7. The predicted octanol–water partition coefficient (Wildman–Crippen LogP) is 4.86. The number of carbonyl (C=O) groups excluding carboxylic acids is 3. The number of aliphatic hydroxyl groups is 1. The first-order valence-electron chi connectivity index (χ1n) is 12.6. The molecule has 2 atom stereocenters. The van der Waals surface area contributed by atoms with E-state index in [1.807, 2.05) is 6.92 Å². The summed E-state index contributed by atoms with van der Waals surface area (Å²) in [7, 11) is 0. The van der Waals surface area contributed by atoms with Gasteiger partial charge in [0.05, 0.1) is 18.0 Å². The maximum Gasteiger partial charge on any atom is 0.414 e. The van der Waals surface area contributed by atoms with Gasteiger partial charge in [-0.05, 0) is 66.8 Å². The highest BCUT2D eigenvalue weighted by atomic mass is 16.6. The highest BCUT2D eigenvalue weighted by molar-refractivity contribution is 6.03. The molecule has 0 spiro atoms. The Kier molecular flexibility index (Phi) is 11.1. The van der Waals surface area contributed by atoms with Crippen LogP contribution in [-0.4, -0.2) is 36.2 Å². The Morgan fingerprint density at radius 1 is 0.974 bits per heavy atom. The average Bonchev–Trinajstić information content (AvgIpc) is 2.95. The van der Waals surface area contributed by atoms with Crippen LogP contribution in [0, 0.1) is 5.92 Å². The fourth-order valence-corrected chi connectivity index (χ4v) is 3.82. The molecule has 3 amide bonds. The van der Waals surface area contributed by atoms with Gasteiger partial charge < -0.3 is 25.6 Å². The zero-order valence-electron chi connectivity index (χ0n) is 21.7. The van der Waals surface area contributed by atoms with Crippen molar-refractivity contribution in [1.82, 2.24) is 5.32 Å². The number of nitrogens with two attached hydrogens (primary N) is 1. The van der Waals surface area contributed by atoms with E-state index in [4.69, 9.17) is 20.3 Å². The molecule has 0 fully saturated rings. The molecule has 3 aromatic rings. The Balaban J connectivity index is 1.63. The van der Waals surface area contributed by atoms with Crippen LogP contribution in [-0.2, 0) is 9.53 Å². The fourth-order valence-electron chi connectivity index (χ4n) is 3.82. The van der Waals surface area contributed by atoms with Gasteiger partial charge in [0.25, 0.3) is 5.91 Å². The minimum atomic E-state index is -0.864. The third-order valence-electron chi connectivity index (χ3n) is 5.85. The van der Waals surface area contributed by atoms with Crippen molar-refractivity contribution in [1.29, 1.82) is 0 Å². The summed E-state index contributed by atoms with van der Waals surface area (Å²) in [5, 5.41) is 14.0. The standard InChI is InChI=1S/C30H33N3O6/c1-21(9-5-8-14-27(35)32-26-13-7-6-12-25(26)31)28(22-15-17-24(18-16-22)38-20-19-34)39-30(37)33-29(36)23-10-3-2-4-11-23/h2-4,6-8,10-18,21,28,34H,5,9,19-20,31H2,1H3,(H,32,35)(H,33,36,37)/b14-8+/t21-,28-/m0/s1. The molecular weight excluding hydrogens is 498 g/mol. The quantitative estimate of drug-likeness (QED) is 0.193. The summed E-state index contributed by atoms with van der Waals surface area (Å²) >= 11 is 0. The number of rotatable bonds is 12. The molecule has 0 saturated heterocycles. The molecule has 0 radical (unpaired) electrons. The van der Waals surface area contributed by atoms with Crippen LogP contribution in [0.2, 0.25) is 0 Å². The molecule has 0 aliphatic carbocycles. The summed E-state index contributed by atoms with van der Waals surface area (Å²) < 4.78 is 11.1. The molecule has 204 valence electrons. The zero-order chi connectivity index (χ0) is 28.0. The number of para-hydroxylation sites is 2. The second kappa shape index (κ2) is 14.9. The largest absolute Gasteiger partial charge is 0.491 e. The second-order valence-corrected chi connectivity index (χ2v) is 8.82. The molecule has 0 aliphatic heterocycles. The lowest BCUT2D eigenvalue weighted by Crippen LogP contribution is -2.33. The number of imide groups is 1. The van der Waals surface area contributed by atoms with E-state index < -0.39 is 18.1 Å². The van der Waals surface area contributed by atoms with Crippen LogP contribution in [0.15, 0.2) is 91.0 Å². The Bertz CT molecular complexity index is 1260. The van der Waals surface area contributed by atoms with Crippen LogP contribution in [0.1, 0.15) is 41.8 Å². The van der Waals surface area contributed by atoms with Gasteiger partial charge in [-0.3, -0.25) is 14.9 Å². The number of allylic oxidation sites excluding steroid dienone is 1. The van der Waals surface area contributed by atoms with E-state index in [1.54, 1.807) is 84.9 Å². The monoisotopic (exact) mass is 531 g/mol. The predicted molar refractivity (Wildman–Crippen MR) is 149 cm³/mol. The van der Waals surface area contributed by atoms with Crippen molar-refractivity contribution in [2.24, 2.45) is 5.92 Å². The number of alkyl carbamates (subject to hydrolysis) is 1. The normalized spacial score (nSPS) is 12.4. The SMILES string of the molecule is C[C@@H](CC/C=C/C(=O)Nc1ccccc1N)[C@H](OC(=O)NC(=O)c1ccccc1)c1ccc(OCCO)cc1. The van der Waals surface area contributed by atoms with Gasteiger partial charge in [-0.2, -0.15) is 0 Å². The third-order valence-corrected chi connectivity index (χ3v) is 5.85. The maximum absolute atomic E-state index is 12.7. The minimum absolute atomic E-state index is 0.107. The molecule has 9 heteroatoms. The van der Waals surface area contributed by atoms with E-state index in [0.29, 0.717) is 41.1 Å². The number of amides is 3. The van der Waals surface area contributed by atoms with Crippen LogP contribution in [0.3, 0.4) is 0 Å². The van der Waals surface area contributed by atoms with Gasteiger partial charge in [-0.15, -0.1) is 0 Å². The van der Waals surface area contributed by atoms with Gasteiger partial charge in [-0.1, -0.05) is 55.5 Å². The molecule has 3 rings (SSSR count). The molecular formula is C30H33N3O6. The van der Waals surface area contributed by atoms with Gasteiger partial charge in [0.15, 0.2) is 0 Å². The first-order valence-corrected chi connectivity index (χ1v) is 12.6. The third kappa shape index (κ3) is 9.32.